The minimum absolute atomic E-state index is 0.295. The van der Waals surface area contributed by atoms with Crippen molar-refractivity contribution < 1.29 is 0 Å². The van der Waals surface area contributed by atoms with Gasteiger partial charge in [-0.3, -0.25) is 4.90 Å². The van der Waals surface area contributed by atoms with Crippen molar-refractivity contribution in [3.63, 3.8) is 0 Å². The summed E-state index contributed by atoms with van der Waals surface area (Å²) in [5.74, 6) is 0. The van der Waals surface area contributed by atoms with Crippen molar-refractivity contribution in [2.75, 3.05) is 26.7 Å². The molecule has 0 spiro atoms. The summed E-state index contributed by atoms with van der Waals surface area (Å²) in [7, 11) is 2.30. The number of fused-ring (bicyclic) bond motifs is 2. The maximum absolute atomic E-state index is 6.18. The predicted octanol–water partition coefficient (Wildman–Crippen LogP) is 1.67. The molecule has 2 unspecified atom stereocenters. The van der Waals surface area contributed by atoms with Gasteiger partial charge in [0.2, 0.25) is 0 Å². The lowest BCUT2D eigenvalue weighted by Gasteiger charge is -2.51. The Bertz CT molecular complexity index is 240. The zero-order chi connectivity index (χ0) is 12.5. The highest BCUT2D eigenvalue weighted by atomic mass is 15.3. The Morgan fingerprint density at radius 3 is 2.24 bits per heavy atom. The summed E-state index contributed by atoms with van der Waals surface area (Å²) in [6, 6.07) is 1.56. The third kappa shape index (κ3) is 2.25. The van der Waals surface area contributed by atoms with Crippen LogP contribution in [-0.4, -0.2) is 54.1 Å². The largest absolute Gasteiger partial charge is 0.329 e. The molecule has 2 N–H and O–H groups in total. The highest BCUT2D eigenvalue weighted by molar-refractivity contribution is 5.06. The van der Waals surface area contributed by atoms with E-state index in [2.05, 4.69) is 30.7 Å². The average Bonchev–Trinajstić information content (AvgIpc) is 2.57. The van der Waals surface area contributed by atoms with Crippen LogP contribution in [0.15, 0.2) is 0 Å². The maximum atomic E-state index is 6.18. The van der Waals surface area contributed by atoms with Crippen LogP contribution in [0, 0.1) is 0 Å². The lowest BCUT2D eigenvalue weighted by atomic mass is 9.81. The third-order valence-electron chi connectivity index (χ3n) is 5.14. The van der Waals surface area contributed by atoms with Gasteiger partial charge in [0.25, 0.3) is 0 Å². The molecular weight excluding hydrogens is 210 g/mol. The highest BCUT2D eigenvalue weighted by Gasteiger charge is 2.48. The van der Waals surface area contributed by atoms with Gasteiger partial charge in [-0.1, -0.05) is 13.8 Å². The van der Waals surface area contributed by atoms with Gasteiger partial charge >= 0.3 is 0 Å². The number of hydrogen-bond acceptors (Lipinski definition) is 3. The number of likely N-dealkylation sites (N-methyl/N-ethyl adjacent to an activating group) is 1. The molecule has 3 heteroatoms. The third-order valence-corrected chi connectivity index (χ3v) is 5.14. The van der Waals surface area contributed by atoms with Gasteiger partial charge in [0, 0.05) is 24.2 Å². The molecule has 2 fully saturated rings. The minimum Gasteiger partial charge on any atom is -0.329 e. The molecule has 2 atom stereocenters. The van der Waals surface area contributed by atoms with Gasteiger partial charge in [-0.15, -0.1) is 0 Å². The van der Waals surface area contributed by atoms with E-state index in [4.69, 9.17) is 5.73 Å². The topological polar surface area (TPSA) is 32.5 Å². The van der Waals surface area contributed by atoms with E-state index in [9.17, 15) is 0 Å². The quantitative estimate of drug-likeness (QED) is 0.792. The molecule has 0 aromatic rings. The van der Waals surface area contributed by atoms with E-state index in [1.807, 2.05) is 0 Å². The zero-order valence-electron chi connectivity index (χ0n) is 11.8. The Morgan fingerprint density at radius 1 is 1.24 bits per heavy atom. The zero-order valence-corrected chi connectivity index (χ0v) is 11.8. The molecular formula is C14H29N3. The molecule has 2 saturated heterocycles. The highest BCUT2D eigenvalue weighted by Crippen LogP contribution is 2.42. The molecule has 2 bridgehead atoms. The number of piperidine rings is 1. The van der Waals surface area contributed by atoms with Crippen LogP contribution in [0.2, 0.25) is 0 Å². The molecule has 0 amide bonds. The molecule has 2 aliphatic heterocycles. The molecule has 0 aromatic carbocycles. The molecule has 2 aliphatic rings. The Hall–Kier alpha value is -0.120. The number of hydrogen-bond donors (Lipinski definition) is 1. The van der Waals surface area contributed by atoms with Crippen molar-refractivity contribution in [3.8, 4) is 0 Å². The lowest BCUT2D eigenvalue weighted by Crippen LogP contribution is -2.62. The van der Waals surface area contributed by atoms with Crippen LogP contribution in [0.5, 0.6) is 0 Å². The second kappa shape index (κ2) is 5.25. The van der Waals surface area contributed by atoms with Crippen LogP contribution in [0.1, 0.15) is 46.0 Å². The van der Waals surface area contributed by atoms with Crippen molar-refractivity contribution in [2.45, 2.75) is 63.6 Å². The van der Waals surface area contributed by atoms with E-state index in [1.165, 1.54) is 38.6 Å². The van der Waals surface area contributed by atoms with E-state index in [0.717, 1.165) is 25.2 Å². The summed E-state index contributed by atoms with van der Waals surface area (Å²) in [6.07, 6.45) is 6.56. The van der Waals surface area contributed by atoms with Gasteiger partial charge < -0.3 is 10.6 Å². The lowest BCUT2D eigenvalue weighted by molar-refractivity contribution is 0.00377. The fraction of sp³-hybridized carbons (Fsp3) is 1.00. The molecule has 0 radical (unpaired) electrons. The fourth-order valence-corrected chi connectivity index (χ4v) is 4.10. The van der Waals surface area contributed by atoms with E-state index in [1.54, 1.807) is 0 Å². The Balaban J connectivity index is 2.15. The number of nitrogens with two attached hydrogens (primary N) is 1. The summed E-state index contributed by atoms with van der Waals surface area (Å²) >= 11 is 0. The molecule has 2 heterocycles. The maximum Gasteiger partial charge on any atom is 0.0361 e. The smallest absolute Gasteiger partial charge is 0.0361 e. The van der Waals surface area contributed by atoms with E-state index in [0.29, 0.717) is 5.54 Å². The van der Waals surface area contributed by atoms with Crippen LogP contribution < -0.4 is 5.73 Å². The second-order valence-corrected chi connectivity index (χ2v) is 5.97. The van der Waals surface area contributed by atoms with Crippen LogP contribution in [0.25, 0.3) is 0 Å². The van der Waals surface area contributed by atoms with Crippen LogP contribution >= 0.6 is 0 Å². The van der Waals surface area contributed by atoms with Gasteiger partial charge in [-0.25, -0.2) is 0 Å². The van der Waals surface area contributed by atoms with Crippen LogP contribution in [0.4, 0.5) is 0 Å². The van der Waals surface area contributed by atoms with Crippen molar-refractivity contribution in [1.82, 2.24) is 9.80 Å². The van der Waals surface area contributed by atoms with Crippen molar-refractivity contribution in [2.24, 2.45) is 5.73 Å². The van der Waals surface area contributed by atoms with Gasteiger partial charge in [-0.05, 0) is 52.2 Å². The summed E-state index contributed by atoms with van der Waals surface area (Å²) in [6.45, 7) is 7.75. The molecule has 0 saturated carbocycles. The van der Waals surface area contributed by atoms with Gasteiger partial charge in [0.1, 0.15) is 0 Å². The van der Waals surface area contributed by atoms with Crippen molar-refractivity contribution in [3.05, 3.63) is 0 Å². The minimum atomic E-state index is 0.295. The molecule has 100 valence electrons. The first kappa shape index (κ1) is 13.3. The summed E-state index contributed by atoms with van der Waals surface area (Å²) in [5.41, 5.74) is 6.48. The van der Waals surface area contributed by atoms with Gasteiger partial charge in [0.05, 0.1) is 0 Å². The first-order valence-corrected chi connectivity index (χ1v) is 7.34. The average molecular weight is 239 g/mol. The molecule has 3 nitrogen and oxygen atoms in total. The Morgan fingerprint density at radius 2 is 1.82 bits per heavy atom. The van der Waals surface area contributed by atoms with Crippen molar-refractivity contribution >= 4 is 0 Å². The SMILES string of the molecule is CCCN(CC)C1(CN)CC2CCC(C1)N2C. The Labute approximate surface area is 106 Å². The van der Waals surface area contributed by atoms with Crippen LogP contribution in [-0.2, 0) is 0 Å². The summed E-state index contributed by atoms with van der Waals surface area (Å²) < 4.78 is 0. The predicted molar refractivity (Wildman–Crippen MR) is 73.1 cm³/mol. The number of nitrogens with zero attached hydrogens (tertiary/aromatic N) is 2. The monoisotopic (exact) mass is 239 g/mol. The fourth-order valence-electron chi connectivity index (χ4n) is 4.10. The Kier molecular flexibility index (Phi) is 4.11. The molecule has 17 heavy (non-hydrogen) atoms. The van der Waals surface area contributed by atoms with Gasteiger partial charge in [-0.2, -0.15) is 0 Å². The van der Waals surface area contributed by atoms with E-state index in [-0.39, 0.29) is 0 Å². The van der Waals surface area contributed by atoms with E-state index < -0.39 is 0 Å². The normalized spacial score (nSPS) is 37.9. The standard InChI is InChI=1S/C14H29N3/c1-4-8-17(5-2)14(11-15)9-12-6-7-13(10-14)16(12)3/h12-13H,4-11,15H2,1-3H3. The molecule has 2 rings (SSSR count). The first-order valence-electron chi connectivity index (χ1n) is 7.34. The molecule has 0 aliphatic carbocycles. The summed E-state index contributed by atoms with van der Waals surface area (Å²) in [4.78, 5) is 5.26. The molecule has 0 aromatic heterocycles. The second-order valence-electron chi connectivity index (χ2n) is 5.97. The summed E-state index contributed by atoms with van der Waals surface area (Å²) in [5, 5.41) is 0. The van der Waals surface area contributed by atoms with Crippen LogP contribution in [0.3, 0.4) is 0 Å². The van der Waals surface area contributed by atoms with Gasteiger partial charge in [0.15, 0.2) is 0 Å². The van der Waals surface area contributed by atoms with Crippen molar-refractivity contribution in [1.29, 1.82) is 0 Å². The van der Waals surface area contributed by atoms with E-state index >= 15 is 0 Å². The number of rotatable bonds is 5. The first-order chi connectivity index (χ1) is 8.16.